The Morgan fingerprint density at radius 1 is 1.09 bits per heavy atom. The molecule has 0 atom stereocenters. The maximum absolute atomic E-state index is 13.4. The van der Waals surface area contributed by atoms with Crippen molar-refractivity contribution in [1.29, 1.82) is 0 Å². The van der Waals surface area contributed by atoms with Crippen LogP contribution in [0.2, 0.25) is 0 Å². The Bertz CT molecular complexity index is 993. The van der Waals surface area contributed by atoms with Gasteiger partial charge in [-0.25, -0.2) is 4.79 Å². The molecule has 2 aromatic rings. The molecule has 2 aromatic carbocycles. The Morgan fingerprint density at radius 2 is 1.73 bits per heavy atom. The fourth-order valence-corrected chi connectivity index (χ4v) is 4.62. The zero-order valence-corrected chi connectivity index (χ0v) is 18.5. The van der Waals surface area contributed by atoms with Gasteiger partial charge in [0, 0.05) is 6.54 Å². The van der Waals surface area contributed by atoms with E-state index in [0.29, 0.717) is 29.9 Å². The van der Waals surface area contributed by atoms with Crippen molar-refractivity contribution in [2.45, 2.75) is 31.1 Å². The Kier molecular flexibility index (Phi) is 7.62. The standard InChI is InChI=1S/C22H23F3N2O5S/c1-31-16-6-7-18(17(12-16)22(23,24)25)32-15-4-2-14(3-5-15)13-26-19(28)21(27-20(29)30)8-10-33-11-9-21/h2-7,12,27H,8-11,13H2,1H3,(H,26,28)(H,29,30). The quantitative estimate of drug-likeness (QED) is 0.529. The average Bonchev–Trinajstić information content (AvgIpc) is 2.78. The third-order valence-corrected chi connectivity index (χ3v) is 6.21. The van der Waals surface area contributed by atoms with Gasteiger partial charge in [0.2, 0.25) is 5.91 Å². The zero-order chi connectivity index (χ0) is 24.1. The van der Waals surface area contributed by atoms with E-state index < -0.39 is 29.3 Å². The summed E-state index contributed by atoms with van der Waals surface area (Å²) in [6, 6.07) is 9.64. The summed E-state index contributed by atoms with van der Waals surface area (Å²) in [5, 5.41) is 14.2. The van der Waals surface area contributed by atoms with Gasteiger partial charge >= 0.3 is 12.3 Å². The van der Waals surface area contributed by atoms with Gasteiger partial charge in [0.05, 0.1) is 7.11 Å². The van der Waals surface area contributed by atoms with Crippen LogP contribution in [0.25, 0.3) is 0 Å². The highest BCUT2D eigenvalue weighted by molar-refractivity contribution is 7.99. The topological polar surface area (TPSA) is 96.9 Å². The van der Waals surface area contributed by atoms with Gasteiger partial charge in [-0.1, -0.05) is 12.1 Å². The molecular weight excluding hydrogens is 461 g/mol. The fraction of sp³-hybridized carbons (Fsp3) is 0.364. The number of ether oxygens (including phenoxy) is 2. The maximum atomic E-state index is 13.4. The predicted octanol–water partition coefficient (Wildman–Crippen LogP) is 4.66. The lowest BCUT2D eigenvalue weighted by molar-refractivity contribution is -0.138. The third kappa shape index (κ3) is 6.25. The highest BCUT2D eigenvalue weighted by Gasteiger charge is 2.41. The van der Waals surface area contributed by atoms with E-state index >= 15 is 0 Å². The van der Waals surface area contributed by atoms with Gasteiger partial charge in [0.25, 0.3) is 0 Å². The smallest absolute Gasteiger partial charge is 0.420 e. The lowest BCUT2D eigenvalue weighted by atomic mass is 9.91. The van der Waals surface area contributed by atoms with E-state index in [9.17, 15) is 22.8 Å². The largest absolute Gasteiger partial charge is 0.497 e. The SMILES string of the molecule is COc1ccc(Oc2ccc(CNC(=O)C3(NC(=O)O)CCSCC3)cc2)c(C(F)(F)F)c1. The molecule has 0 spiro atoms. The first-order valence-corrected chi connectivity index (χ1v) is 11.2. The van der Waals surface area contributed by atoms with Crippen molar-refractivity contribution in [2.75, 3.05) is 18.6 Å². The molecule has 178 valence electrons. The van der Waals surface area contributed by atoms with E-state index in [1.54, 1.807) is 23.9 Å². The van der Waals surface area contributed by atoms with Crippen LogP contribution in [0, 0.1) is 0 Å². The third-order valence-electron chi connectivity index (χ3n) is 5.22. The van der Waals surface area contributed by atoms with Crippen molar-refractivity contribution in [3.63, 3.8) is 0 Å². The number of hydrogen-bond donors (Lipinski definition) is 3. The van der Waals surface area contributed by atoms with Gasteiger partial charge in [-0.05, 0) is 60.2 Å². The second-order valence-electron chi connectivity index (χ2n) is 7.41. The van der Waals surface area contributed by atoms with Crippen molar-refractivity contribution < 1.29 is 37.3 Å². The highest BCUT2D eigenvalue weighted by atomic mass is 32.2. The number of nitrogens with one attached hydrogen (secondary N) is 2. The molecule has 2 amide bonds. The molecule has 33 heavy (non-hydrogen) atoms. The number of hydrogen-bond acceptors (Lipinski definition) is 5. The van der Waals surface area contributed by atoms with Crippen LogP contribution in [-0.2, 0) is 17.5 Å². The number of carbonyl (C=O) groups excluding carboxylic acids is 1. The molecule has 1 heterocycles. The summed E-state index contributed by atoms with van der Waals surface area (Å²) in [6.07, 6.45) is -5.08. The molecule has 0 bridgehead atoms. The minimum absolute atomic E-state index is 0.0625. The molecule has 3 rings (SSSR count). The molecule has 0 aromatic heterocycles. The monoisotopic (exact) mass is 484 g/mol. The lowest BCUT2D eigenvalue weighted by Crippen LogP contribution is -2.60. The van der Waals surface area contributed by atoms with Gasteiger partial charge < -0.3 is 25.2 Å². The molecular formula is C22H23F3N2O5S. The molecule has 0 unspecified atom stereocenters. The van der Waals surface area contributed by atoms with Crippen LogP contribution in [0.5, 0.6) is 17.2 Å². The summed E-state index contributed by atoms with van der Waals surface area (Å²) >= 11 is 1.66. The number of alkyl halides is 3. The van der Waals surface area contributed by atoms with Gasteiger partial charge in [0.15, 0.2) is 0 Å². The Balaban J connectivity index is 1.66. The molecule has 0 saturated carbocycles. The van der Waals surface area contributed by atoms with Gasteiger partial charge in [0.1, 0.15) is 28.4 Å². The number of benzene rings is 2. The first kappa shape index (κ1) is 24.6. The van der Waals surface area contributed by atoms with Crippen molar-refractivity contribution in [3.8, 4) is 17.2 Å². The van der Waals surface area contributed by atoms with Crippen molar-refractivity contribution >= 4 is 23.8 Å². The van der Waals surface area contributed by atoms with Crippen molar-refractivity contribution in [2.24, 2.45) is 0 Å². The minimum Gasteiger partial charge on any atom is -0.497 e. The first-order valence-electron chi connectivity index (χ1n) is 10.0. The van der Waals surface area contributed by atoms with Crippen LogP contribution >= 0.6 is 11.8 Å². The number of thioether (sulfide) groups is 1. The lowest BCUT2D eigenvalue weighted by Gasteiger charge is -2.35. The van der Waals surface area contributed by atoms with Gasteiger partial charge in [-0.3, -0.25) is 4.79 Å². The van der Waals surface area contributed by atoms with E-state index in [-0.39, 0.29) is 23.8 Å². The van der Waals surface area contributed by atoms with Crippen LogP contribution in [0.3, 0.4) is 0 Å². The van der Waals surface area contributed by atoms with Crippen molar-refractivity contribution in [3.05, 3.63) is 53.6 Å². The summed E-state index contributed by atoms with van der Waals surface area (Å²) in [5.41, 5.74) is -1.44. The summed E-state index contributed by atoms with van der Waals surface area (Å²) in [4.78, 5) is 23.9. The van der Waals surface area contributed by atoms with Crippen LogP contribution in [-0.4, -0.2) is 41.3 Å². The van der Waals surface area contributed by atoms with E-state index in [2.05, 4.69) is 10.6 Å². The summed E-state index contributed by atoms with van der Waals surface area (Å²) < 4.78 is 50.3. The van der Waals surface area contributed by atoms with Gasteiger partial charge in [-0.15, -0.1) is 0 Å². The van der Waals surface area contributed by atoms with E-state index in [1.807, 2.05) is 0 Å². The van der Waals surface area contributed by atoms with Gasteiger partial charge in [-0.2, -0.15) is 24.9 Å². The van der Waals surface area contributed by atoms with E-state index in [4.69, 9.17) is 14.6 Å². The first-order chi connectivity index (χ1) is 15.6. The Morgan fingerprint density at radius 3 is 2.30 bits per heavy atom. The van der Waals surface area contributed by atoms with Crippen LogP contribution < -0.4 is 20.1 Å². The molecule has 0 radical (unpaired) electrons. The maximum Gasteiger partial charge on any atom is 0.420 e. The fourth-order valence-electron chi connectivity index (χ4n) is 3.43. The molecule has 1 aliphatic heterocycles. The summed E-state index contributed by atoms with van der Waals surface area (Å²) in [7, 11) is 1.28. The van der Waals surface area contributed by atoms with Crippen LogP contribution in [0.1, 0.15) is 24.0 Å². The summed E-state index contributed by atoms with van der Waals surface area (Å²) in [6.45, 7) is 0.131. The van der Waals surface area contributed by atoms with Crippen LogP contribution in [0.15, 0.2) is 42.5 Å². The zero-order valence-electron chi connectivity index (χ0n) is 17.7. The second kappa shape index (κ2) is 10.2. The van der Waals surface area contributed by atoms with E-state index in [0.717, 1.165) is 6.07 Å². The molecule has 7 nitrogen and oxygen atoms in total. The van der Waals surface area contributed by atoms with E-state index in [1.165, 1.54) is 31.4 Å². The molecule has 1 fully saturated rings. The van der Waals surface area contributed by atoms with Crippen LogP contribution in [0.4, 0.5) is 18.0 Å². The highest BCUT2D eigenvalue weighted by Crippen LogP contribution is 2.40. The number of halogens is 3. The number of methoxy groups -OCH3 is 1. The number of amides is 2. The normalized spacial score (nSPS) is 15.4. The second-order valence-corrected chi connectivity index (χ2v) is 8.64. The molecule has 3 N–H and O–H groups in total. The molecule has 11 heteroatoms. The molecule has 0 aliphatic carbocycles. The molecule has 1 saturated heterocycles. The Hall–Kier alpha value is -3.08. The number of rotatable bonds is 7. The van der Waals surface area contributed by atoms with Crippen molar-refractivity contribution in [1.82, 2.24) is 10.6 Å². The minimum atomic E-state index is -4.62. The number of carbonyl (C=O) groups is 2. The summed E-state index contributed by atoms with van der Waals surface area (Å²) in [5.74, 6) is 0.831. The molecule has 1 aliphatic rings. The Labute approximate surface area is 192 Å². The number of carboxylic acid groups (broad SMARTS) is 1. The predicted molar refractivity (Wildman–Crippen MR) is 117 cm³/mol. The average molecular weight is 484 g/mol.